The van der Waals surface area contributed by atoms with E-state index in [1.807, 2.05) is 48.7 Å². The van der Waals surface area contributed by atoms with Crippen LogP contribution in [0.15, 0.2) is 79.0 Å². The van der Waals surface area contributed by atoms with Crippen LogP contribution in [0, 0.1) is 18.8 Å². The number of carbonyl (C=O) groups excluding carboxylic acids is 1. The van der Waals surface area contributed by atoms with Crippen molar-refractivity contribution in [2.24, 2.45) is 11.8 Å². The number of piperidine rings is 2. The number of para-hydroxylation sites is 1. The minimum Gasteiger partial charge on any atom is -0.340 e. The van der Waals surface area contributed by atoms with Crippen molar-refractivity contribution in [3.63, 3.8) is 0 Å². The fourth-order valence-corrected chi connectivity index (χ4v) is 5.55. The number of amides is 1. The number of nitrogens with zero attached hydrogens (tertiary/aromatic N) is 4. The number of aromatic nitrogens is 2. The highest BCUT2D eigenvalue weighted by atomic mass is 16.2. The lowest BCUT2D eigenvalue weighted by Crippen LogP contribution is -2.54. The van der Waals surface area contributed by atoms with Gasteiger partial charge in [0.1, 0.15) is 0 Å². The molecule has 0 radical (unpaired) electrons. The molecular weight excluding hydrogens is 420 g/mol. The first kappa shape index (κ1) is 20.8. The molecule has 1 amide bonds. The standard InChI is InChI=1S/C29H28N4O/c1-20-10-12-23(13-11-20)25-7-3-4-8-26(25)28(34)32-16-21-14-22(17-32)19-33(18-21)29-30-15-24-6-2-5-9-27(24)31-29/h2-13,15,21-22H,14,16-19H2,1H3. The fraction of sp³-hybridized carbons (Fsp3) is 0.276. The van der Waals surface area contributed by atoms with Crippen molar-refractivity contribution in [2.45, 2.75) is 13.3 Å². The van der Waals surface area contributed by atoms with Crippen molar-refractivity contribution in [3.05, 3.63) is 90.1 Å². The third-order valence-corrected chi connectivity index (χ3v) is 7.15. The molecule has 34 heavy (non-hydrogen) atoms. The number of likely N-dealkylation sites (tertiary alicyclic amines) is 1. The Morgan fingerprint density at radius 3 is 2.35 bits per heavy atom. The molecule has 2 atom stereocenters. The smallest absolute Gasteiger partial charge is 0.254 e. The zero-order chi connectivity index (χ0) is 23.1. The molecule has 2 aliphatic heterocycles. The monoisotopic (exact) mass is 448 g/mol. The number of hydrogen-bond acceptors (Lipinski definition) is 4. The number of fused-ring (bicyclic) bond motifs is 3. The number of rotatable bonds is 3. The van der Waals surface area contributed by atoms with E-state index in [0.717, 1.165) is 66.1 Å². The molecule has 170 valence electrons. The Morgan fingerprint density at radius 2 is 1.56 bits per heavy atom. The molecule has 2 aliphatic rings. The molecular formula is C29H28N4O. The molecule has 2 saturated heterocycles. The Hall–Kier alpha value is -3.73. The molecule has 1 aromatic heterocycles. The number of hydrogen-bond donors (Lipinski definition) is 0. The maximum Gasteiger partial charge on any atom is 0.254 e. The van der Waals surface area contributed by atoms with Crippen LogP contribution in [0.1, 0.15) is 22.3 Å². The summed E-state index contributed by atoms with van der Waals surface area (Å²) >= 11 is 0. The van der Waals surface area contributed by atoms with E-state index < -0.39 is 0 Å². The van der Waals surface area contributed by atoms with E-state index in [1.165, 1.54) is 5.56 Å². The summed E-state index contributed by atoms with van der Waals surface area (Å²) in [6, 6.07) is 24.5. The lowest BCUT2D eigenvalue weighted by Gasteiger charge is -2.46. The van der Waals surface area contributed by atoms with Crippen LogP contribution < -0.4 is 4.90 Å². The second kappa shape index (κ2) is 8.56. The van der Waals surface area contributed by atoms with Crippen molar-refractivity contribution in [2.75, 3.05) is 31.1 Å². The average Bonchev–Trinajstić information content (AvgIpc) is 2.88. The van der Waals surface area contributed by atoms with Gasteiger partial charge in [0.15, 0.2) is 0 Å². The van der Waals surface area contributed by atoms with Gasteiger partial charge in [0.25, 0.3) is 5.91 Å². The van der Waals surface area contributed by atoms with Crippen molar-refractivity contribution in [1.82, 2.24) is 14.9 Å². The summed E-state index contributed by atoms with van der Waals surface area (Å²) in [6.07, 6.45) is 3.08. The summed E-state index contributed by atoms with van der Waals surface area (Å²) in [6.45, 7) is 5.42. The van der Waals surface area contributed by atoms with Crippen LogP contribution in [0.25, 0.3) is 22.0 Å². The quantitative estimate of drug-likeness (QED) is 0.432. The Morgan fingerprint density at radius 1 is 0.853 bits per heavy atom. The molecule has 0 N–H and O–H groups in total. The molecule has 6 rings (SSSR count). The van der Waals surface area contributed by atoms with Gasteiger partial charge in [-0.25, -0.2) is 9.97 Å². The zero-order valence-corrected chi connectivity index (χ0v) is 19.4. The van der Waals surface area contributed by atoms with Crippen LogP contribution in [-0.4, -0.2) is 47.0 Å². The second-order valence-corrected chi connectivity index (χ2v) is 9.72. The first-order valence-electron chi connectivity index (χ1n) is 12.1. The molecule has 2 fully saturated rings. The average molecular weight is 449 g/mol. The van der Waals surface area contributed by atoms with E-state index in [9.17, 15) is 4.79 Å². The maximum atomic E-state index is 13.7. The van der Waals surface area contributed by atoms with Gasteiger partial charge < -0.3 is 9.80 Å². The van der Waals surface area contributed by atoms with Gasteiger partial charge in [0.05, 0.1) is 5.52 Å². The normalized spacial score (nSPS) is 19.9. The largest absolute Gasteiger partial charge is 0.340 e. The first-order valence-corrected chi connectivity index (χ1v) is 12.1. The van der Waals surface area contributed by atoms with Gasteiger partial charge >= 0.3 is 0 Å². The van der Waals surface area contributed by atoms with Gasteiger partial charge in [-0.2, -0.15) is 0 Å². The van der Waals surface area contributed by atoms with Crippen LogP contribution in [0.5, 0.6) is 0 Å². The Bertz CT molecular complexity index is 1340. The van der Waals surface area contributed by atoms with Crippen LogP contribution in [0.4, 0.5) is 5.95 Å². The number of carbonyl (C=O) groups is 1. The van der Waals surface area contributed by atoms with Crippen LogP contribution in [-0.2, 0) is 0 Å². The van der Waals surface area contributed by atoms with Crippen molar-refractivity contribution in [3.8, 4) is 11.1 Å². The summed E-state index contributed by atoms with van der Waals surface area (Å²) in [5.74, 6) is 1.80. The summed E-state index contributed by atoms with van der Waals surface area (Å²) in [7, 11) is 0. The molecule has 3 heterocycles. The van der Waals surface area contributed by atoms with Gasteiger partial charge in [-0.15, -0.1) is 0 Å². The molecule has 2 unspecified atom stereocenters. The topological polar surface area (TPSA) is 49.3 Å². The molecule has 0 spiro atoms. The molecule has 2 bridgehead atoms. The van der Waals surface area contributed by atoms with Gasteiger partial charge in [0, 0.05) is 43.3 Å². The Kier molecular flexibility index (Phi) is 5.25. The first-order chi connectivity index (χ1) is 16.6. The summed E-state index contributed by atoms with van der Waals surface area (Å²) in [5, 5.41) is 1.06. The minimum absolute atomic E-state index is 0.140. The van der Waals surface area contributed by atoms with Crippen molar-refractivity contribution >= 4 is 22.8 Å². The lowest BCUT2D eigenvalue weighted by molar-refractivity contribution is 0.0564. The fourth-order valence-electron chi connectivity index (χ4n) is 5.55. The van der Waals surface area contributed by atoms with Gasteiger partial charge in [-0.1, -0.05) is 66.2 Å². The van der Waals surface area contributed by atoms with E-state index in [1.54, 1.807) is 0 Å². The summed E-state index contributed by atoms with van der Waals surface area (Å²) in [4.78, 5) is 27.5. The van der Waals surface area contributed by atoms with Crippen LogP contribution in [0.2, 0.25) is 0 Å². The highest BCUT2D eigenvalue weighted by molar-refractivity contribution is 6.01. The molecule has 5 heteroatoms. The number of aryl methyl sites for hydroxylation is 1. The molecule has 3 aromatic carbocycles. The summed E-state index contributed by atoms with van der Waals surface area (Å²) in [5.41, 5.74) is 5.09. The number of benzene rings is 3. The van der Waals surface area contributed by atoms with Crippen LogP contribution in [0.3, 0.4) is 0 Å². The third kappa shape index (κ3) is 3.92. The van der Waals surface area contributed by atoms with Gasteiger partial charge in [-0.3, -0.25) is 4.79 Å². The molecule has 5 nitrogen and oxygen atoms in total. The van der Waals surface area contributed by atoms with E-state index in [0.29, 0.717) is 11.8 Å². The minimum atomic E-state index is 0.140. The van der Waals surface area contributed by atoms with Gasteiger partial charge in [0.2, 0.25) is 5.95 Å². The van der Waals surface area contributed by atoms with Crippen LogP contribution >= 0.6 is 0 Å². The lowest BCUT2D eigenvalue weighted by atomic mass is 9.84. The van der Waals surface area contributed by atoms with Crippen molar-refractivity contribution in [1.29, 1.82) is 0 Å². The highest BCUT2D eigenvalue weighted by Crippen LogP contribution is 2.33. The summed E-state index contributed by atoms with van der Waals surface area (Å²) < 4.78 is 0. The predicted molar refractivity (Wildman–Crippen MR) is 136 cm³/mol. The SMILES string of the molecule is Cc1ccc(-c2ccccc2C(=O)N2CC3CC(C2)CN(c2ncc4ccccc4n2)C3)cc1. The Balaban J connectivity index is 1.21. The van der Waals surface area contributed by atoms with E-state index >= 15 is 0 Å². The zero-order valence-electron chi connectivity index (χ0n) is 19.4. The predicted octanol–water partition coefficient (Wildman–Crippen LogP) is 5.20. The second-order valence-electron chi connectivity index (χ2n) is 9.72. The van der Waals surface area contributed by atoms with E-state index in [4.69, 9.17) is 4.98 Å². The molecule has 0 saturated carbocycles. The van der Waals surface area contributed by atoms with Crippen molar-refractivity contribution < 1.29 is 4.79 Å². The third-order valence-electron chi connectivity index (χ3n) is 7.15. The Labute approximate surface area is 200 Å². The maximum absolute atomic E-state index is 13.7. The molecule has 0 aliphatic carbocycles. The van der Waals surface area contributed by atoms with Gasteiger partial charge in [-0.05, 0) is 48.4 Å². The number of anilines is 1. The van der Waals surface area contributed by atoms with E-state index in [-0.39, 0.29) is 5.91 Å². The molecule has 4 aromatic rings. The highest BCUT2D eigenvalue weighted by Gasteiger charge is 2.37. The van der Waals surface area contributed by atoms with E-state index in [2.05, 4.69) is 52.0 Å².